The van der Waals surface area contributed by atoms with Crippen molar-refractivity contribution in [1.82, 2.24) is 10.2 Å². The molecule has 1 aromatic rings. The van der Waals surface area contributed by atoms with E-state index in [1.54, 1.807) is 38.3 Å². The Hall–Kier alpha value is -2.09. The first-order chi connectivity index (χ1) is 10.7. The molecule has 0 radical (unpaired) electrons. The normalized spacial score (nSPS) is 21.4. The van der Waals surface area contributed by atoms with E-state index in [4.69, 9.17) is 4.74 Å². The maximum absolute atomic E-state index is 12.8. The highest BCUT2D eigenvalue weighted by molar-refractivity contribution is 7.90. The van der Waals surface area contributed by atoms with Crippen molar-refractivity contribution >= 4 is 21.8 Å². The molecular formula is C15H20N2O5S. The summed E-state index contributed by atoms with van der Waals surface area (Å²) < 4.78 is 27.7. The minimum atomic E-state index is -3.27. The van der Waals surface area contributed by atoms with Gasteiger partial charge in [0.15, 0.2) is 0 Å². The lowest BCUT2D eigenvalue weighted by Gasteiger charge is -2.26. The molecule has 0 unspecified atom stereocenters. The lowest BCUT2D eigenvalue weighted by molar-refractivity contribution is -0.131. The second-order valence-corrected chi connectivity index (χ2v) is 7.76. The molecule has 1 aliphatic rings. The largest absolute Gasteiger partial charge is 0.497 e. The number of carbonyl (C=O) groups excluding carboxylic acids is 2. The van der Waals surface area contributed by atoms with E-state index in [0.29, 0.717) is 17.7 Å². The number of benzene rings is 1. The summed E-state index contributed by atoms with van der Waals surface area (Å²) in [5.41, 5.74) is -0.526. The first-order valence-electron chi connectivity index (χ1n) is 7.20. The molecule has 0 spiro atoms. The average Bonchev–Trinajstić information content (AvgIpc) is 2.76. The molecule has 1 aromatic carbocycles. The van der Waals surface area contributed by atoms with Gasteiger partial charge in [0, 0.05) is 12.8 Å². The number of rotatable bonds is 6. The van der Waals surface area contributed by atoms with Crippen LogP contribution in [-0.2, 0) is 20.2 Å². The van der Waals surface area contributed by atoms with Crippen LogP contribution < -0.4 is 10.1 Å². The van der Waals surface area contributed by atoms with E-state index < -0.39 is 27.3 Å². The summed E-state index contributed by atoms with van der Waals surface area (Å²) in [6.07, 6.45) is 1.43. The van der Waals surface area contributed by atoms with Crippen LogP contribution in [0.1, 0.15) is 18.9 Å². The molecule has 8 heteroatoms. The number of hydrogen-bond acceptors (Lipinski definition) is 5. The average molecular weight is 340 g/mol. The van der Waals surface area contributed by atoms with Crippen molar-refractivity contribution in [2.75, 3.05) is 25.7 Å². The van der Waals surface area contributed by atoms with Crippen molar-refractivity contribution in [3.05, 3.63) is 29.8 Å². The molecule has 1 saturated heterocycles. The van der Waals surface area contributed by atoms with E-state index in [1.807, 2.05) is 0 Å². The fourth-order valence-electron chi connectivity index (χ4n) is 2.60. The van der Waals surface area contributed by atoms with Crippen molar-refractivity contribution < 1.29 is 22.7 Å². The molecular weight excluding hydrogens is 320 g/mol. The number of imide groups is 1. The number of amides is 3. The van der Waals surface area contributed by atoms with Crippen molar-refractivity contribution in [2.45, 2.75) is 18.9 Å². The van der Waals surface area contributed by atoms with Gasteiger partial charge in [0.1, 0.15) is 21.1 Å². The van der Waals surface area contributed by atoms with Crippen LogP contribution in [-0.4, -0.2) is 50.9 Å². The van der Waals surface area contributed by atoms with E-state index in [0.717, 1.165) is 11.2 Å². The number of ether oxygens (including phenoxy) is 1. The Morgan fingerprint density at radius 3 is 2.30 bits per heavy atom. The molecule has 1 aliphatic heterocycles. The van der Waals surface area contributed by atoms with Gasteiger partial charge in [0.2, 0.25) is 0 Å². The van der Waals surface area contributed by atoms with Crippen LogP contribution in [0.2, 0.25) is 0 Å². The number of sulfone groups is 1. The highest BCUT2D eigenvalue weighted by Gasteiger charge is 2.51. The minimum absolute atomic E-state index is 0.151. The SMILES string of the molecule is CC[C@]1(c2ccc(OC)cc2)NC(=O)N(CCS(C)(=O)=O)C1=O. The molecule has 2 rings (SSSR count). The molecule has 0 aromatic heterocycles. The Kier molecular flexibility index (Phi) is 4.65. The molecule has 1 heterocycles. The molecule has 0 saturated carbocycles. The lowest BCUT2D eigenvalue weighted by atomic mass is 9.87. The summed E-state index contributed by atoms with van der Waals surface area (Å²) in [7, 11) is -1.72. The van der Waals surface area contributed by atoms with Gasteiger partial charge < -0.3 is 10.1 Å². The van der Waals surface area contributed by atoms with E-state index in [2.05, 4.69) is 5.32 Å². The molecule has 1 fully saturated rings. The topological polar surface area (TPSA) is 92.8 Å². The monoisotopic (exact) mass is 340 g/mol. The Morgan fingerprint density at radius 2 is 1.83 bits per heavy atom. The van der Waals surface area contributed by atoms with Gasteiger partial charge in [-0.15, -0.1) is 0 Å². The van der Waals surface area contributed by atoms with Crippen LogP contribution in [0.5, 0.6) is 5.75 Å². The van der Waals surface area contributed by atoms with Crippen molar-refractivity contribution in [1.29, 1.82) is 0 Å². The Labute approximate surface area is 135 Å². The minimum Gasteiger partial charge on any atom is -0.497 e. The first-order valence-corrected chi connectivity index (χ1v) is 9.26. The van der Waals surface area contributed by atoms with Crippen LogP contribution in [0.4, 0.5) is 4.79 Å². The number of nitrogens with zero attached hydrogens (tertiary/aromatic N) is 1. The highest BCUT2D eigenvalue weighted by atomic mass is 32.2. The summed E-state index contributed by atoms with van der Waals surface area (Å²) in [5.74, 6) is -0.0429. The lowest BCUT2D eigenvalue weighted by Crippen LogP contribution is -2.43. The van der Waals surface area contributed by atoms with Crippen LogP contribution in [0.3, 0.4) is 0 Å². The van der Waals surface area contributed by atoms with Crippen LogP contribution in [0.25, 0.3) is 0 Å². The molecule has 7 nitrogen and oxygen atoms in total. The summed E-state index contributed by atoms with van der Waals surface area (Å²) in [6, 6.07) is 6.30. The van der Waals surface area contributed by atoms with Gasteiger partial charge in [-0.1, -0.05) is 19.1 Å². The van der Waals surface area contributed by atoms with Crippen molar-refractivity contribution in [3.8, 4) is 5.75 Å². The van der Waals surface area contributed by atoms with Crippen molar-refractivity contribution in [2.24, 2.45) is 0 Å². The Bertz CT molecular complexity index is 714. The first kappa shape index (κ1) is 17.3. The summed E-state index contributed by atoms with van der Waals surface area (Å²) in [6.45, 7) is 1.64. The van der Waals surface area contributed by atoms with Gasteiger partial charge >= 0.3 is 6.03 Å². The van der Waals surface area contributed by atoms with Crippen LogP contribution in [0.15, 0.2) is 24.3 Å². The summed E-state index contributed by atoms with van der Waals surface area (Å²) >= 11 is 0. The Morgan fingerprint density at radius 1 is 1.22 bits per heavy atom. The predicted molar refractivity (Wildman–Crippen MR) is 84.9 cm³/mol. The number of hydrogen-bond donors (Lipinski definition) is 1. The number of nitrogens with one attached hydrogen (secondary N) is 1. The third-order valence-corrected chi connectivity index (χ3v) is 4.90. The molecule has 1 N–H and O–H groups in total. The molecule has 23 heavy (non-hydrogen) atoms. The second-order valence-electron chi connectivity index (χ2n) is 5.50. The second kappa shape index (κ2) is 6.19. The van der Waals surface area contributed by atoms with Gasteiger partial charge in [-0.25, -0.2) is 13.2 Å². The predicted octanol–water partition coefficient (Wildman–Crippen LogP) is 0.897. The van der Waals surface area contributed by atoms with Gasteiger partial charge in [-0.3, -0.25) is 9.69 Å². The zero-order valence-corrected chi connectivity index (χ0v) is 14.1. The van der Waals surface area contributed by atoms with E-state index in [-0.39, 0.29) is 12.3 Å². The van der Waals surface area contributed by atoms with E-state index >= 15 is 0 Å². The smallest absolute Gasteiger partial charge is 0.325 e. The zero-order valence-electron chi connectivity index (χ0n) is 13.3. The van der Waals surface area contributed by atoms with Crippen molar-refractivity contribution in [3.63, 3.8) is 0 Å². The highest BCUT2D eigenvalue weighted by Crippen LogP contribution is 2.33. The third-order valence-electron chi connectivity index (χ3n) is 3.97. The Balaban J connectivity index is 2.31. The standard InChI is InChI=1S/C15H20N2O5S/c1-4-15(11-5-7-12(22-2)8-6-11)13(18)17(14(19)16-15)9-10-23(3,20)21/h5-8H,4,9-10H2,1-3H3,(H,16,19)/t15-/m1/s1. The van der Waals surface area contributed by atoms with Gasteiger partial charge in [0.25, 0.3) is 5.91 Å². The van der Waals surface area contributed by atoms with Crippen LogP contribution >= 0.6 is 0 Å². The zero-order chi connectivity index (χ0) is 17.3. The molecule has 0 aliphatic carbocycles. The number of methoxy groups -OCH3 is 1. The maximum Gasteiger partial charge on any atom is 0.325 e. The van der Waals surface area contributed by atoms with Crippen LogP contribution in [0, 0.1) is 0 Å². The van der Waals surface area contributed by atoms with E-state index in [1.165, 1.54) is 0 Å². The molecule has 1 atom stereocenters. The quantitative estimate of drug-likeness (QED) is 0.777. The molecule has 126 valence electrons. The number of urea groups is 1. The summed E-state index contributed by atoms with van der Waals surface area (Å²) in [5, 5.41) is 2.71. The van der Waals surface area contributed by atoms with E-state index in [9.17, 15) is 18.0 Å². The third kappa shape index (κ3) is 3.31. The summed E-state index contributed by atoms with van der Waals surface area (Å²) in [4.78, 5) is 25.9. The fraction of sp³-hybridized carbons (Fsp3) is 0.467. The fourth-order valence-corrected chi connectivity index (χ4v) is 3.12. The maximum atomic E-state index is 12.8. The molecule has 3 amide bonds. The number of carbonyl (C=O) groups is 2. The molecule has 0 bridgehead atoms. The van der Waals surface area contributed by atoms with Gasteiger partial charge in [-0.2, -0.15) is 0 Å². The van der Waals surface area contributed by atoms with Gasteiger partial charge in [0.05, 0.1) is 12.9 Å². The van der Waals surface area contributed by atoms with Gasteiger partial charge in [-0.05, 0) is 24.1 Å².